The van der Waals surface area contributed by atoms with E-state index >= 15 is 0 Å². The lowest BCUT2D eigenvalue weighted by atomic mass is 10.1. The molecular weight excluding hydrogens is 544 g/mol. The second-order valence-electron chi connectivity index (χ2n) is 8.04. The summed E-state index contributed by atoms with van der Waals surface area (Å²) >= 11 is 0. The van der Waals surface area contributed by atoms with Crippen LogP contribution in [0.3, 0.4) is 0 Å². The Kier molecular flexibility index (Phi) is 9.86. The number of guanidine groups is 1. The molecule has 0 amide bonds. The van der Waals surface area contributed by atoms with Crippen molar-refractivity contribution in [3.63, 3.8) is 0 Å². The Morgan fingerprint density at radius 1 is 1.24 bits per heavy atom. The van der Waals surface area contributed by atoms with Crippen molar-refractivity contribution in [2.75, 3.05) is 19.3 Å². The quantitative estimate of drug-likeness (QED) is 0.166. The molecule has 3 rings (SSSR count). The van der Waals surface area contributed by atoms with E-state index in [9.17, 15) is 9.65 Å². The third-order valence-corrected chi connectivity index (χ3v) is 5.54. The summed E-state index contributed by atoms with van der Waals surface area (Å²) in [4.78, 5) is 4.25. The zero-order chi connectivity index (χ0) is 24.0. The summed E-state index contributed by atoms with van der Waals surface area (Å²) < 4.78 is 15.5. The van der Waals surface area contributed by atoms with Crippen LogP contribution < -0.4 is 16.4 Å². The maximum absolute atomic E-state index is 13.9. The van der Waals surface area contributed by atoms with Crippen molar-refractivity contribution < 1.29 is 4.39 Å². The van der Waals surface area contributed by atoms with E-state index in [4.69, 9.17) is 5.73 Å². The van der Waals surface area contributed by atoms with Gasteiger partial charge in [-0.1, -0.05) is 29.8 Å². The van der Waals surface area contributed by atoms with Crippen LogP contribution in [-0.2, 0) is 6.42 Å². The third kappa shape index (κ3) is 6.47. The van der Waals surface area contributed by atoms with Gasteiger partial charge in [-0.25, -0.2) is 9.07 Å². The van der Waals surface area contributed by atoms with E-state index in [0.29, 0.717) is 41.6 Å². The summed E-state index contributed by atoms with van der Waals surface area (Å²) in [5.74, 6) is 0.747. The van der Waals surface area contributed by atoms with Crippen LogP contribution >= 0.6 is 24.0 Å². The summed E-state index contributed by atoms with van der Waals surface area (Å²) in [6.07, 6.45) is 1.32. The van der Waals surface area contributed by atoms with E-state index in [-0.39, 0.29) is 35.8 Å². The molecule has 1 atom stereocenters. The van der Waals surface area contributed by atoms with Gasteiger partial charge < -0.3 is 16.4 Å². The molecule has 0 bridgehead atoms. The average molecular weight is 575 g/mol. The number of nitrogens with zero attached hydrogens (tertiary/aromatic N) is 4. The van der Waals surface area contributed by atoms with Crippen molar-refractivity contribution in [2.45, 2.75) is 39.7 Å². The monoisotopic (exact) mass is 575 g/mol. The number of aryl methyl sites for hydroxylation is 3. The Labute approximate surface area is 217 Å². The van der Waals surface area contributed by atoms with Gasteiger partial charge in [0.05, 0.1) is 17.4 Å². The van der Waals surface area contributed by atoms with Gasteiger partial charge in [0.1, 0.15) is 23.3 Å². The van der Waals surface area contributed by atoms with Crippen LogP contribution in [-0.4, -0.2) is 29.3 Å². The Bertz CT molecular complexity index is 1180. The van der Waals surface area contributed by atoms with Gasteiger partial charge in [-0.15, -0.1) is 24.0 Å². The number of nitrogens with two attached hydrogens (primary N) is 1. The molecule has 3 aromatic rings. The maximum Gasteiger partial charge on any atom is 0.191 e. The third-order valence-electron chi connectivity index (χ3n) is 5.54. The van der Waals surface area contributed by atoms with E-state index < -0.39 is 0 Å². The molecule has 4 N–H and O–H groups in total. The number of anilines is 1. The fraction of sp³-hybridized carbons (Fsp3) is 0.320. The predicted molar refractivity (Wildman–Crippen MR) is 145 cm³/mol. The van der Waals surface area contributed by atoms with Crippen molar-refractivity contribution in [1.82, 2.24) is 20.4 Å². The fourth-order valence-electron chi connectivity index (χ4n) is 3.48. The van der Waals surface area contributed by atoms with Crippen molar-refractivity contribution >= 4 is 35.8 Å². The SMILES string of the molecule is CN=C(NCCCc1nn(-c2ccc(C)cc2)c(N)c1C#N)NC(C)c1ccc(C)c(F)c1.I. The van der Waals surface area contributed by atoms with Gasteiger partial charge in [0, 0.05) is 13.6 Å². The standard InChI is InChI=1S/C25H30FN7.HI/c1-16-7-11-20(12-8-16)33-24(28)21(15-27)23(32-33)6-5-13-30-25(29-4)31-18(3)19-10-9-17(2)22(26)14-19;/h7-12,14,18H,5-6,13,28H2,1-4H3,(H2,29,30,31);1H. The lowest BCUT2D eigenvalue weighted by Crippen LogP contribution is -2.39. The first kappa shape index (κ1) is 27.1. The first-order valence-corrected chi connectivity index (χ1v) is 10.9. The van der Waals surface area contributed by atoms with Gasteiger partial charge in [-0.3, -0.25) is 4.99 Å². The molecule has 0 spiro atoms. The van der Waals surface area contributed by atoms with Crippen molar-refractivity contribution in [1.29, 1.82) is 5.26 Å². The highest BCUT2D eigenvalue weighted by Crippen LogP contribution is 2.22. The minimum Gasteiger partial charge on any atom is -0.382 e. The number of hydrogen-bond acceptors (Lipinski definition) is 4. The van der Waals surface area contributed by atoms with Crippen LogP contribution in [0.5, 0.6) is 0 Å². The molecular formula is C25H31FIN7. The molecule has 1 aromatic heterocycles. The number of aliphatic imine (C=N–C) groups is 1. The van der Waals surface area contributed by atoms with Gasteiger partial charge in [0.25, 0.3) is 0 Å². The first-order valence-electron chi connectivity index (χ1n) is 10.9. The highest BCUT2D eigenvalue weighted by atomic mass is 127. The van der Waals surface area contributed by atoms with E-state index in [2.05, 4.69) is 26.8 Å². The largest absolute Gasteiger partial charge is 0.382 e. The Hall–Kier alpha value is -3.13. The zero-order valence-electron chi connectivity index (χ0n) is 19.9. The topological polar surface area (TPSA) is 104 Å². The first-order chi connectivity index (χ1) is 15.8. The number of nitrogen functional groups attached to an aromatic ring is 1. The normalized spacial score (nSPS) is 11.9. The number of rotatable bonds is 7. The molecule has 0 saturated heterocycles. The highest BCUT2D eigenvalue weighted by molar-refractivity contribution is 14.0. The minimum absolute atomic E-state index is 0. The lowest BCUT2D eigenvalue weighted by molar-refractivity contribution is 0.607. The number of nitriles is 1. The molecule has 9 heteroatoms. The minimum atomic E-state index is -0.221. The molecule has 0 fully saturated rings. The molecule has 1 unspecified atom stereocenters. The van der Waals surface area contributed by atoms with E-state index in [1.165, 1.54) is 0 Å². The number of aromatic nitrogens is 2. The summed E-state index contributed by atoms with van der Waals surface area (Å²) in [6.45, 7) is 6.33. The fourth-order valence-corrected chi connectivity index (χ4v) is 3.48. The molecule has 0 saturated carbocycles. The van der Waals surface area contributed by atoms with E-state index in [1.807, 2.05) is 44.2 Å². The lowest BCUT2D eigenvalue weighted by Gasteiger charge is -2.18. The molecule has 34 heavy (non-hydrogen) atoms. The van der Waals surface area contributed by atoms with Gasteiger partial charge in [0.2, 0.25) is 0 Å². The summed E-state index contributed by atoms with van der Waals surface area (Å²) in [5.41, 5.74) is 10.7. The highest BCUT2D eigenvalue weighted by Gasteiger charge is 2.16. The molecule has 180 valence electrons. The van der Waals surface area contributed by atoms with Crippen molar-refractivity contribution in [2.24, 2.45) is 4.99 Å². The molecule has 0 aliphatic carbocycles. The van der Waals surface area contributed by atoms with Gasteiger partial charge >= 0.3 is 0 Å². The van der Waals surface area contributed by atoms with Crippen molar-refractivity contribution in [3.05, 3.63) is 76.2 Å². The molecule has 0 aliphatic heterocycles. The summed E-state index contributed by atoms with van der Waals surface area (Å²) in [7, 11) is 1.69. The average Bonchev–Trinajstić information content (AvgIpc) is 3.13. The molecule has 1 heterocycles. The van der Waals surface area contributed by atoms with Crippen LogP contribution in [0.25, 0.3) is 5.69 Å². The van der Waals surface area contributed by atoms with Crippen LogP contribution in [0, 0.1) is 31.0 Å². The number of benzene rings is 2. The Morgan fingerprint density at radius 2 is 1.94 bits per heavy atom. The second kappa shape index (κ2) is 12.4. The molecule has 2 aromatic carbocycles. The smallest absolute Gasteiger partial charge is 0.191 e. The number of hydrogen-bond donors (Lipinski definition) is 3. The van der Waals surface area contributed by atoms with Crippen LogP contribution in [0.4, 0.5) is 10.2 Å². The zero-order valence-corrected chi connectivity index (χ0v) is 22.2. The van der Waals surface area contributed by atoms with Crippen LogP contribution in [0.1, 0.15) is 47.3 Å². The van der Waals surface area contributed by atoms with Gasteiger partial charge in [-0.05, 0) is 62.9 Å². The van der Waals surface area contributed by atoms with Crippen LogP contribution in [0.2, 0.25) is 0 Å². The number of nitrogens with one attached hydrogen (secondary N) is 2. The van der Waals surface area contributed by atoms with Gasteiger partial charge in [-0.2, -0.15) is 10.4 Å². The summed E-state index contributed by atoms with van der Waals surface area (Å²) in [5, 5.41) is 20.7. The van der Waals surface area contributed by atoms with E-state index in [0.717, 1.165) is 23.2 Å². The molecule has 7 nitrogen and oxygen atoms in total. The Morgan fingerprint density at radius 3 is 2.56 bits per heavy atom. The van der Waals surface area contributed by atoms with Crippen molar-refractivity contribution in [3.8, 4) is 11.8 Å². The predicted octanol–water partition coefficient (Wildman–Crippen LogP) is 4.56. The second-order valence-corrected chi connectivity index (χ2v) is 8.04. The number of halogens is 2. The van der Waals surface area contributed by atoms with E-state index in [1.54, 1.807) is 30.8 Å². The Balaban J connectivity index is 0.00000408. The molecule has 0 radical (unpaired) electrons. The maximum atomic E-state index is 13.9. The summed E-state index contributed by atoms with van der Waals surface area (Å²) in [6, 6.07) is 15.1. The van der Waals surface area contributed by atoms with Gasteiger partial charge in [0.15, 0.2) is 5.96 Å². The molecule has 0 aliphatic rings. The van der Waals surface area contributed by atoms with Crippen LogP contribution in [0.15, 0.2) is 47.5 Å².